The van der Waals surface area contributed by atoms with Crippen LogP contribution in [0.15, 0.2) is 164 Å². The van der Waals surface area contributed by atoms with Crippen LogP contribution in [0.2, 0.25) is 6.55 Å². The fraction of sp³-hybridized carbons (Fsp3) is 0.0800. The summed E-state index contributed by atoms with van der Waals surface area (Å²) in [6.07, 6.45) is 0. The second kappa shape index (κ2) is 10.5. The summed E-state index contributed by atoms with van der Waals surface area (Å²) in [5, 5.41) is 12.0. The Hall–Kier alpha value is -5.96. The SMILES string of the molecule is CC1(C)c2cc(-c3ccc4ccc5c(-c6ccccc6)ccc6ccc3c4c65)ccc2-c2c1ccc1c2Oc2ccccc2[Si]1(C)c1ccccc1. The van der Waals surface area contributed by atoms with Crippen LogP contribution < -0.4 is 20.3 Å². The summed E-state index contributed by atoms with van der Waals surface area (Å²) < 4.78 is 7.00. The summed E-state index contributed by atoms with van der Waals surface area (Å²) in [7, 11) is -2.34. The van der Waals surface area contributed by atoms with Gasteiger partial charge in [0.05, 0.1) is 0 Å². The summed E-state index contributed by atoms with van der Waals surface area (Å²) in [5.41, 5.74) is 10.1. The van der Waals surface area contributed by atoms with Crippen LogP contribution in [0.5, 0.6) is 11.5 Å². The molecule has 0 amide bonds. The number of para-hydroxylation sites is 1. The summed E-state index contributed by atoms with van der Waals surface area (Å²) in [4.78, 5) is 0. The smallest absolute Gasteiger partial charge is 0.155 e. The molecule has 0 fully saturated rings. The number of ether oxygens (including phenoxy) is 1. The van der Waals surface area contributed by atoms with Gasteiger partial charge < -0.3 is 4.74 Å². The molecule has 0 N–H and O–H groups in total. The van der Waals surface area contributed by atoms with E-state index in [1.54, 1.807) is 0 Å². The molecule has 0 radical (unpaired) electrons. The van der Waals surface area contributed by atoms with Crippen molar-refractivity contribution >= 4 is 56.0 Å². The third-order valence-electron chi connectivity index (χ3n) is 12.4. The van der Waals surface area contributed by atoms with E-state index in [1.165, 1.54) is 92.4 Å². The Kier molecular flexibility index (Phi) is 6.03. The predicted octanol–water partition coefficient (Wildman–Crippen LogP) is 11.4. The van der Waals surface area contributed by atoms with Crippen molar-refractivity contribution < 1.29 is 4.74 Å². The first-order chi connectivity index (χ1) is 25.4. The maximum atomic E-state index is 7.00. The lowest BCUT2D eigenvalue weighted by Gasteiger charge is -2.37. The molecule has 0 bridgehead atoms. The van der Waals surface area contributed by atoms with Crippen molar-refractivity contribution in [3.8, 4) is 44.9 Å². The van der Waals surface area contributed by atoms with Gasteiger partial charge in [-0.1, -0.05) is 172 Å². The predicted molar refractivity (Wildman–Crippen MR) is 222 cm³/mol. The maximum Gasteiger partial charge on any atom is 0.155 e. The number of benzene rings is 9. The fourth-order valence-electron chi connectivity index (χ4n) is 9.69. The zero-order valence-corrected chi connectivity index (χ0v) is 30.5. The van der Waals surface area contributed by atoms with E-state index in [4.69, 9.17) is 4.74 Å². The molecule has 1 unspecified atom stereocenters. The Balaban J connectivity index is 1.11. The van der Waals surface area contributed by atoms with Crippen molar-refractivity contribution in [2.24, 2.45) is 0 Å². The Morgan fingerprint density at radius 2 is 1.08 bits per heavy atom. The van der Waals surface area contributed by atoms with Gasteiger partial charge in [0.15, 0.2) is 8.07 Å². The molecule has 11 rings (SSSR count). The molecule has 0 saturated heterocycles. The minimum absolute atomic E-state index is 0.185. The monoisotopic (exact) mass is 680 g/mol. The van der Waals surface area contributed by atoms with E-state index < -0.39 is 8.07 Å². The van der Waals surface area contributed by atoms with Gasteiger partial charge in [-0.2, -0.15) is 0 Å². The van der Waals surface area contributed by atoms with Gasteiger partial charge in [-0.05, 0) is 99.0 Å². The van der Waals surface area contributed by atoms with E-state index in [9.17, 15) is 0 Å². The third kappa shape index (κ3) is 3.88. The third-order valence-corrected chi connectivity index (χ3v) is 16.8. The minimum Gasteiger partial charge on any atom is -0.457 e. The molecule has 1 heterocycles. The first-order valence-electron chi connectivity index (χ1n) is 18.3. The van der Waals surface area contributed by atoms with Crippen LogP contribution in [0.1, 0.15) is 25.0 Å². The molecular formula is C50H36OSi. The maximum absolute atomic E-state index is 7.00. The van der Waals surface area contributed by atoms with E-state index in [1.807, 2.05) is 0 Å². The summed E-state index contributed by atoms with van der Waals surface area (Å²) in [5.74, 6) is 2.04. The van der Waals surface area contributed by atoms with Gasteiger partial charge in [-0.15, -0.1) is 0 Å². The van der Waals surface area contributed by atoms with E-state index in [2.05, 4.69) is 184 Å². The topological polar surface area (TPSA) is 9.23 Å². The molecule has 0 saturated carbocycles. The van der Waals surface area contributed by atoms with Gasteiger partial charge in [-0.25, -0.2) is 0 Å². The molecule has 2 heteroatoms. The zero-order chi connectivity index (χ0) is 34.8. The quantitative estimate of drug-likeness (QED) is 0.133. The second-order valence-corrected chi connectivity index (χ2v) is 19.3. The van der Waals surface area contributed by atoms with Crippen LogP contribution in [0.4, 0.5) is 0 Å². The van der Waals surface area contributed by atoms with Gasteiger partial charge in [0, 0.05) is 11.0 Å². The molecule has 9 aromatic rings. The van der Waals surface area contributed by atoms with Crippen LogP contribution in [-0.2, 0) is 5.41 Å². The molecule has 1 aliphatic heterocycles. The van der Waals surface area contributed by atoms with Crippen molar-refractivity contribution in [1.82, 2.24) is 0 Å². The first kappa shape index (κ1) is 29.7. The molecular weight excluding hydrogens is 645 g/mol. The number of hydrogen-bond donors (Lipinski definition) is 0. The average molecular weight is 681 g/mol. The van der Waals surface area contributed by atoms with Gasteiger partial charge in [-0.3, -0.25) is 0 Å². The van der Waals surface area contributed by atoms with E-state index in [0.29, 0.717) is 0 Å². The number of fused-ring (bicyclic) bond motifs is 6. The molecule has 1 nitrogen and oxygen atoms in total. The highest BCUT2D eigenvalue weighted by molar-refractivity contribution is 7.11. The van der Waals surface area contributed by atoms with Gasteiger partial charge >= 0.3 is 0 Å². The highest BCUT2D eigenvalue weighted by Gasteiger charge is 2.46. The number of hydrogen-bond acceptors (Lipinski definition) is 1. The first-order valence-corrected chi connectivity index (χ1v) is 20.8. The van der Waals surface area contributed by atoms with Crippen molar-refractivity contribution in [1.29, 1.82) is 0 Å². The Morgan fingerprint density at radius 1 is 0.481 bits per heavy atom. The highest BCUT2D eigenvalue weighted by atomic mass is 28.3. The van der Waals surface area contributed by atoms with Gasteiger partial charge in [0.1, 0.15) is 11.5 Å². The molecule has 0 spiro atoms. The molecule has 9 aromatic carbocycles. The van der Waals surface area contributed by atoms with Crippen molar-refractivity contribution in [3.05, 3.63) is 175 Å². The minimum atomic E-state index is -2.34. The van der Waals surface area contributed by atoms with Crippen molar-refractivity contribution in [2.75, 3.05) is 0 Å². The van der Waals surface area contributed by atoms with Crippen molar-refractivity contribution in [2.45, 2.75) is 25.8 Å². The molecule has 2 aliphatic rings. The lowest BCUT2D eigenvalue weighted by molar-refractivity contribution is 0.487. The Bertz CT molecular complexity index is 2910. The summed E-state index contributed by atoms with van der Waals surface area (Å²) >= 11 is 0. The van der Waals surface area contributed by atoms with Gasteiger partial charge in [0.2, 0.25) is 0 Å². The normalized spacial score (nSPS) is 16.8. The summed E-state index contributed by atoms with van der Waals surface area (Å²) in [6, 6.07) is 61.1. The van der Waals surface area contributed by atoms with Crippen molar-refractivity contribution in [3.63, 3.8) is 0 Å². The lowest BCUT2D eigenvalue weighted by Crippen LogP contribution is -2.66. The Morgan fingerprint density at radius 3 is 1.79 bits per heavy atom. The molecule has 246 valence electrons. The van der Waals surface area contributed by atoms with E-state index in [-0.39, 0.29) is 5.41 Å². The molecule has 52 heavy (non-hydrogen) atoms. The summed E-state index contributed by atoms with van der Waals surface area (Å²) in [6.45, 7) is 7.26. The van der Waals surface area contributed by atoms with Crippen LogP contribution in [0, 0.1) is 0 Å². The molecule has 0 aromatic heterocycles. The zero-order valence-electron chi connectivity index (χ0n) is 29.5. The van der Waals surface area contributed by atoms with E-state index in [0.717, 1.165) is 11.5 Å². The second-order valence-electron chi connectivity index (χ2n) is 15.4. The molecule has 1 atom stereocenters. The molecule has 1 aliphatic carbocycles. The lowest BCUT2D eigenvalue weighted by atomic mass is 9.81. The van der Waals surface area contributed by atoms with Crippen LogP contribution in [0.25, 0.3) is 65.7 Å². The van der Waals surface area contributed by atoms with Crippen LogP contribution >= 0.6 is 0 Å². The standard InChI is InChI=1S/C50H36OSi/c1-50(2)41-28-29-45-49(51-43-16-10-11-17-44(43)52(45,3)35-14-8-5-9-15-35)48(41)40-27-22-34(30-42(40)50)37-24-19-33-20-25-38-36(31-12-6-4-7-13-31)23-18-32-21-26-39(37)47(33)46(32)38/h4-30H,1-3H3. The fourth-order valence-corrected chi connectivity index (χ4v) is 13.6. The van der Waals surface area contributed by atoms with Crippen LogP contribution in [0.3, 0.4) is 0 Å². The van der Waals surface area contributed by atoms with E-state index >= 15 is 0 Å². The number of rotatable bonds is 3. The Labute approximate surface area is 305 Å². The van der Waals surface area contributed by atoms with Crippen LogP contribution in [-0.4, -0.2) is 8.07 Å². The highest BCUT2D eigenvalue weighted by Crippen LogP contribution is 2.54. The average Bonchev–Trinajstić information content (AvgIpc) is 3.43. The van der Waals surface area contributed by atoms with Gasteiger partial charge in [0.25, 0.3) is 0 Å². The largest absolute Gasteiger partial charge is 0.457 e.